The molecule has 2 fully saturated rings. The van der Waals surface area contributed by atoms with E-state index in [4.69, 9.17) is 18.9 Å². The predicted molar refractivity (Wildman–Crippen MR) is 95.0 cm³/mol. The van der Waals surface area contributed by atoms with Crippen molar-refractivity contribution in [1.82, 2.24) is 0 Å². The van der Waals surface area contributed by atoms with E-state index >= 15 is 0 Å². The Morgan fingerprint density at radius 1 is 0.750 bits per heavy atom. The molecule has 2 saturated heterocycles. The van der Waals surface area contributed by atoms with Crippen LogP contribution in [0.4, 0.5) is 0 Å². The van der Waals surface area contributed by atoms with Gasteiger partial charge in [0.2, 0.25) is 0 Å². The van der Waals surface area contributed by atoms with Gasteiger partial charge < -0.3 is 49.6 Å². The third-order valence-corrected chi connectivity index (χ3v) is 4.87. The molecule has 10 atom stereocenters. The second-order valence-electron chi connectivity index (χ2n) is 7.07. The van der Waals surface area contributed by atoms with E-state index in [-0.39, 0.29) is 13.2 Å². The molecule has 0 spiro atoms. The normalized spacial score (nSPS) is 44.9. The van der Waals surface area contributed by atoms with E-state index in [1.807, 2.05) is 19.1 Å². The van der Waals surface area contributed by atoms with Crippen LogP contribution in [0.5, 0.6) is 0 Å². The zero-order chi connectivity index (χ0) is 20.8. The molecule has 0 bridgehead atoms. The van der Waals surface area contributed by atoms with E-state index in [0.29, 0.717) is 6.42 Å². The van der Waals surface area contributed by atoms with Gasteiger partial charge in [-0.15, -0.1) is 0 Å². The lowest BCUT2D eigenvalue weighted by Crippen LogP contribution is -2.61. The van der Waals surface area contributed by atoms with Gasteiger partial charge in [0, 0.05) is 0 Å². The van der Waals surface area contributed by atoms with Gasteiger partial charge in [-0.05, 0) is 19.8 Å². The minimum absolute atomic E-state index is 0.251. The number of hydrogen-bond acceptors (Lipinski definition) is 10. The van der Waals surface area contributed by atoms with Gasteiger partial charge >= 0.3 is 0 Å². The Morgan fingerprint density at radius 2 is 1.36 bits per heavy atom. The highest BCUT2D eigenvalue weighted by Gasteiger charge is 2.46. The fourth-order valence-electron chi connectivity index (χ4n) is 3.07. The average Bonchev–Trinajstić information content (AvgIpc) is 2.68. The Morgan fingerprint density at radius 3 is 2.00 bits per heavy atom. The summed E-state index contributed by atoms with van der Waals surface area (Å²) in [5.41, 5.74) is 0. The van der Waals surface area contributed by atoms with Crippen molar-refractivity contribution >= 4 is 0 Å². The van der Waals surface area contributed by atoms with Crippen LogP contribution in [-0.2, 0) is 18.9 Å². The minimum atomic E-state index is -1.51. The molecule has 164 valence electrons. The van der Waals surface area contributed by atoms with Crippen molar-refractivity contribution in [1.29, 1.82) is 0 Å². The van der Waals surface area contributed by atoms with E-state index in [0.717, 1.165) is 6.42 Å². The molecule has 10 nitrogen and oxygen atoms in total. The Balaban J connectivity index is 1.89. The number of aliphatic hydroxyl groups excluding tert-OH is 6. The first-order chi connectivity index (χ1) is 13.3. The molecule has 10 heteroatoms. The summed E-state index contributed by atoms with van der Waals surface area (Å²) in [4.78, 5) is 0. The molecule has 2 aliphatic rings. The fraction of sp³-hybridized carbons (Fsp3) is 0.889. The molecule has 2 heterocycles. The van der Waals surface area contributed by atoms with Gasteiger partial charge in [-0.1, -0.05) is 19.1 Å². The third-order valence-electron chi connectivity index (χ3n) is 4.87. The average molecular weight is 408 g/mol. The lowest BCUT2D eigenvalue weighted by atomic mass is 9.98. The predicted octanol–water partition coefficient (Wildman–Crippen LogP) is -1.99. The van der Waals surface area contributed by atoms with Crippen LogP contribution in [0, 0.1) is 0 Å². The lowest BCUT2D eigenvalue weighted by molar-refractivity contribution is -0.327. The molecule has 0 unspecified atom stereocenters. The van der Waals surface area contributed by atoms with Crippen molar-refractivity contribution < 1.29 is 49.6 Å². The van der Waals surface area contributed by atoms with Crippen molar-refractivity contribution in [2.75, 3.05) is 13.2 Å². The van der Waals surface area contributed by atoms with Crippen LogP contribution in [0.25, 0.3) is 0 Å². The van der Waals surface area contributed by atoms with Gasteiger partial charge in [0.15, 0.2) is 12.6 Å². The molecule has 2 rings (SSSR count). The minimum Gasteiger partial charge on any atom is -0.388 e. The van der Waals surface area contributed by atoms with E-state index < -0.39 is 61.4 Å². The van der Waals surface area contributed by atoms with Crippen molar-refractivity contribution in [2.45, 2.75) is 88.1 Å². The maximum Gasteiger partial charge on any atom is 0.186 e. The van der Waals surface area contributed by atoms with E-state index in [1.165, 1.54) is 6.92 Å². The molecule has 28 heavy (non-hydrogen) atoms. The van der Waals surface area contributed by atoms with Gasteiger partial charge in [0.25, 0.3) is 0 Å². The van der Waals surface area contributed by atoms with E-state index in [2.05, 4.69) is 0 Å². The summed E-state index contributed by atoms with van der Waals surface area (Å²) >= 11 is 0. The maximum atomic E-state index is 10.1. The topological polar surface area (TPSA) is 158 Å². The Hall–Kier alpha value is -0.660. The monoisotopic (exact) mass is 408 g/mol. The molecule has 0 radical (unpaired) electrons. The van der Waals surface area contributed by atoms with Crippen molar-refractivity contribution in [3.05, 3.63) is 12.2 Å². The lowest BCUT2D eigenvalue weighted by Gasteiger charge is -2.42. The van der Waals surface area contributed by atoms with E-state index in [1.54, 1.807) is 0 Å². The maximum absolute atomic E-state index is 10.1. The van der Waals surface area contributed by atoms with Gasteiger partial charge in [0.1, 0.15) is 42.7 Å². The molecular formula is C18H32O10. The first-order valence-corrected chi connectivity index (χ1v) is 9.55. The van der Waals surface area contributed by atoms with Crippen LogP contribution >= 0.6 is 0 Å². The zero-order valence-electron chi connectivity index (χ0n) is 16.1. The quantitative estimate of drug-likeness (QED) is 0.196. The highest BCUT2D eigenvalue weighted by Crippen LogP contribution is 2.25. The van der Waals surface area contributed by atoms with Gasteiger partial charge in [0.05, 0.1) is 19.3 Å². The molecule has 0 aromatic rings. The standard InChI is InChI=1S/C18H32O10/c1-3-4-5-6-7-25-17-16(24)14(22)12(20)10(28-17)8-26-18-15(23)13(21)11(19)9(2)27-18/h4-5,9-24H,3,6-8H2,1-2H3/b5-4-/t9-,10+,11-,12+,13+,14-,15+,16+,17+,18+/m0/s1. The Labute approximate surface area is 163 Å². The summed E-state index contributed by atoms with van der Waals surface area (Å²) in [6, 6.07) is 0. The summed E-state index contributed by atoms with van der Waals surface area (Å²) in [6.07, 6.45) is -7.49. The molecule has 0 amide bonds. The Kier molecular flexibility index (Phi) is 9.22. The summed E-state index contributed by atoms with van der Waals surface area (Å²) in [7, 11) is 0. The van der Waals surface area contributed by atoms with Gasteiger partial charge in [-0.25, -0.2) is 0 Å². The van der Waals surface area contributed by atoms with Crippen molar-refractivity contribution in [2.24, 2.45) is 0 Å². The summed E-state index contributed by atoms with van der Waals surface area (Å²) < 4.78 is 21.7. The Bertz CT molecular complexity index is 489. The van der Waals surface area contributed by atoms with Crippen LogP contribution < -0.4 is 0 Å². The molecule has 0 aliphatic carbocycles. The highest BCUT2D eigenvalue weighted by molar-refractivity contribution is 4.91. The molecule has 6 N–H and O–H groups in total. The van der Waals surface area contributed by atoms with Crippen LogP contribution in [0.3, 0.4) is 0 Å². The number of hydrogen-bond donors (Lipinski definition) is 6. The van der Waals surface area contributed by atoms with Crippen LogP contribution in [0.15, 0.2) is 12.2 Å². The first-order valence-electron chi connectivity index (χ1n) is 9.55. The highest BCUT2D eigenvalue weighted by atomic mass is 16.7. The number of aliphatic hydroxyl groups is 6. The second-order valence-corrected chi connectivity index (χ2v) is 7.07. The fourth-order valence-corrected chi connectivity index (χ4v) is 3.07. The summed E-state index contributed by atoms with van der Waals surface area (Å²) in [5, 5.41) is 59.7. The van der Waals surface area contributed by atoms with Crippen molar-refractivity contribution in [3.63, 3.8) is 0 Å². The van der Waals surface area contributed by atoms with Gasteiger partial charge in [-0.3, -0.25) is 0 Å². The molecule has 0 aromatic heterocycles. The molecule has 2 aliphatic heterocycles. The van der Waals surface area contributed by atoms with Crippen LogP contribution in [0.2, 0.25) is 0 Å². The molecule has 0 saturated carbocycles. The SMILES string of the molecule is CC/C=C\CCO[C@@H]1O[C@H](CO[C@@H]2O[C@@H](C)[C@H](O)[C@@H](O)[C@H]2O)[C@@H](O)[C@H](O)[C@H]1O. The molecular weight excluding hydrogens is 376 g/mol. The smallest absolute Gasteiger partial charge is 0.186 e. The number of allylic oxidation sites excluding steroid dienone is 1. The third kappa shape index (κ3) is 5.70. The van der Waals surface area contributed by atoms with Crippen LogP contribution in [-0.4, -0.2) is 105 Å². The largest absolute Gasteiger partial charge is 0.388 e. The van der Waals surface area contributed by atoms with Crippen molar-refractivity contribution in [3.8, 4) is 0 Å². The summed E-state index contributed by atoms with van der Waals surface area (Å²) in [6.45, 7) is 3.46. The van der Waals surface area contributed by atoms with Crippen LogP contribution in [0.1, 0.15) is 26.7 Å². The van der Waals surface area contributed by atoms with Gasteiger partial charge in [-0.2, -0.15) is 0 Å². The first kappa shape index (κ1) is 23.6. The number of rotatable bonds is 8. The van der Waals surface area contributed by atoms with E-state index in [9.17, 15) is 30.6 Å². The number of ether oxygens (including phenoxy) is 4. The second kappa shape index (κ2) is 10.9. The molecule has 0 aromatic carbocycles. The zero-order valence-corrected chi connectivity index (χ0v) is 16.1. The summed E-state index contributed by atoms with van der Waals surface area (Å²) in [5.74, 6) is 0.